The second kappa shape index (κ2) is 8.45. The molecule has 1 saturated heterocycles. The fourth-order valence-corrected chi connectivity index (χ4v) is 3.83. The average molecular weight is 407 g/mol. The molecule has 4 rings (SSSR count). The van der Waals surface area contributed by atoms with E-state index in [4.69, 9.17) is 4.74 Å². The SMILES string of the molecule is Cc1nc(COc2cccc(C(=O)Nc3cccc(N4CCCC4=O)c3)c2)cs1. The summed E-state index contributed by atoms with van der Waals surface area (Å²) in [5.74, 6) is 0.498. The summed E-state index contributed by atoms with van der Waals surface area (Å²) in [6, 6.07) is 14.4. The Labute approximate surface area is 173 Å². The Morgan fingerprint density at radius 3 is 2.86 bits per heavy atom. The first-order valence-corrected chi connectivity index (χ1v) is 10.3. The summed E-state index contributed by atoms with van der Waals surface area (Å²) in [6.45, 7) is 3.03. The number of rotatable bonds is 6. The van der Waals surface area contributed by atoms with Crippen LogP contribution in [0.1, 0.15) is 33.9 Å². The van der Waals surface area contributed by atoms with Crippen molar-refractivity contribution in [1.29, 1.82) is 0 Å². The van der Waals surface area contributed by atoms with Gasteiger partial charge in [-0.15, -0.1) is 11.3 Å². The Hall–Kier alpha value is -3.19. The molecule has 2 amide bonds. The molecule has 1 fully saturated rings. The van der Waals surface area contributed by atoms with Gasteiger partial charge in [-0.25, -0.2) is 4.98 Å². The molecule has 148 valence electrons. The second-order valence-corrected chi connectivity index (χ2v) is 7.89. The number of amides is 2. The molecule has 1 aromatic heterocycles. The molecule has 7 heteroatoms. The van der Waals surface area contributed by atoms with Crippen LogP contribution in [0.25, 0.3) is 0 Å². The number of aromatic nitrogens is 1. The highest BCUT2D eigenvalue weighted by Gasteiger charge is 2.21. The predicted octanol–water partition coefficient (Wildman–Crippen LogP) is 4.41. The number of carbonyl (C=O) groups is 2. The van der Waals surface area contributed by atoms with E-state index in [9.17, 15) is 9.59 Å². The lowest BCUT2D eigenvalue weighted by Crippen LogP contribution is -2.23. The number of nitrogens with zero attached hydrogens (tertiary/aromatic N) is 2. The molecule has 0 saturated carbocycles. The highest BCUT2D eigenvalue weighted by molar-refractivity contribution is 7.09. The van der Waals surface area contributed by atoms with Gasteiger partial charge in [0.1, 0.15) is 12.4 Å². The van der Waals surface area contributed by atoms with Crippen LogP contribution < -0.4 is 15.0 Å². The van der Waals surface area contributed by atoms with E-state index >= 15 is 0 Å². The van der Waals surface area contributed by atoms with Crippen molar-refractivity contribution in [3.63, 3.8) is 0 Å². The average Bonchev–Trinajstić information content (AvgIpc) is 3.34. The van der Waals surface area contributed by atoms with E-state index in [1.54, 1.807) is 34.4 Å². The minimum absolute atomic E-state index is 0.119. The molecule has 3 aromatic rings. The summed E-state index contributed by atoms with van der Waals surface area (Å²) < 4.78 is 5.76. The van der Waals surface area contributed by atoms with Gasteiger partial charge in [0.05, 0.1) is 10.7 Å². The molecular formula is C22H21N3O3S. The number of nitrogens with one attached hydrogen (secondary N) is 1. The number of ether oxygens (including phenoxy) is 1. The van der Waals surface area contributed by atoms with Crippen LogP contribution in [0.4, 0.5) is 11.4 Å². The zero-order valence-corrected chi connectivity index (χ0v) is 16.9. The summed E-state index contributed by atoms with van der Waals surface area (Å²) in [5.41, 5.74) is 2.83. The number of anilines is 2. The maximum atomic E-state index is 12.7. The summed E-state index contributed by atoms with van der Waals surface area (Å²) >= 11 is 1.58. The van der Waals surface area contributed by atoms with Crippen molar-refractivity contribution >= 4 is 34.5 Å². The van der Waals surface area contributed by atoms with E-state index in [1.165, 1.54) is 0 Å². The van der Waals surface area contributed by atoms with Crippen LogP contribution in [0.2, 0.25) is 0 Å². The number of thiazole rings is 1. The van der Waals surface area contributed by atoms with E-state index in [0.29, 0.717) is 36.6 Å². The maximum Gasteiger partial charge on any atom is 0.255 e. The molecule has 6 nitrogen and oxygen atoms in total. The lowest BCUT2D eigenvalue weighted by molar-refractivity contribution is -0.117. The zero-order chi connectivity index (χ0) is 20.2. The first-order valence-electron chi connectivity index (χ1n) is 9.44. The fraction of sp³-hybridized carbons (Fsp3) is 0.227. The lowest BCUT2D eigenvalue weighted by Gasteiger charge is -2.17. The third-order valence-electron chi connectivity index (χ3n) is 4.64. The van der Waals surface area contributed by atoms with Gasteiger partial charge in [-0.3, -0.25) is 9.59 Å². The Balaban J connectivity index is 1.42. The van der Waals surface area contributed by atoms with Crippen LogP contribution in [-0.2, 0) is 11.4 Å². The van der Waals surface area contributed by atoms with Crippen LogP contribution in [0.5, 0.6) is 5.75 Å². The third-order valence-corrected chi connectivity index (χ3v) is 5.46. The van der Waals surface area contributed by atoms with Gasteiger partial charge < -0.3 is 15.0 Å². The van der Waals surface area contributed by atoms with Crippen molar-refractivity contribution in [2.75, 3.05) is 16.8 Å². The van der Waals surface area contributed by atoms with Gasteiger partial charge in [0.15, 0.2) is 0 Å². The Bertz CT molecular complexity index is 1050. The molecule has 0 aliphatic carbocycles. The first kappa shape index (κ1) is 19.1. The highest BCUT2D eigenvalue weighted by Crippen LogP contribution is 2.25. The van der Waals surface area contributed by atoms with Crippen LogP contribution in [0.15, 0.2) is 53.9 Å². The van der Waals surface area contributed by atoms with Crippen LogP contribution >= 0.6 is 11.3 Å². The summed E-state index contributed by atoms with van der Waals surface area (Å²) in [6.07, 6.45) is 1.44. The fourth-order valence-electron chi connectivity index (χ4n) is 3.23. The number of hydrogen-bond acceptors (Lipinski definition) is 5. The zero-order valence-electron chi connectivity index (χ0n) is 16.1. The van der Waals surface area contributed by atoms with E-state index in [-0.39, 0.29) is 11.8 Å². The van der Waals surface area contributed by atoms with E-state index in [2.05, 4.69) is 10.3 Å². The smallest absolute Gasteiger partial charge is 0.255 e. The van der Waals surface area contributed by atoms with E-state index < -0.39 is 0 Å². The number of carbonyl (C=O) groups excluding carboxylic acids is 2. The Morgan fingerprint density at radius 2 is 2.10 bits per heavy atom. The molecule has 0 spiro atoms. The predicted molar refractivity (Wildman–Crippen MR) is 114 cm³/mol. The molecule has 0 unspecified atom stereocenters. The standard InChI is InChI=1S/C22H21N3O3S/c1-15-23-18(14-29-15)13-28-20-8-2-5-16(11-20)22(27)24-17-6-3-7-19(12-17)25-10-4-9-21(25)26/h2-3,5-8,11-12,14H,4,9-10,13H2,1H3,(H,24,27). The number of aryl methyl sites for hydroxylation is 1. The second-order valence-electron chi connectivity index (χ2n) is 6.83. The summed E-state index contributed by atoms with van der Waals surface area (Å²) in [5, 5.41) is 5.86. The highest BCUT2D eigenvalue weighted by atomic mass is 32.1. The summed E-state index contributed by atoms with van der Waals surface area (Å²) in [7, 11) is 0. The minimum Gasteiger partial charge on any atom is -0.487 e. The molecule has 0 bridgehead atoms. The molecule has 0 radical (unpaired) electrons. The molecule has 0 atom stereocenters. The van der Waals surface area contributed by atoms with E-state index in [0.717, 1.165) is 22.8 Å². The van der Waals surface area contributed by atoms with Crippen molar-refractivity contribution < 1.29 is 14.3 Å². The van der Waals surface area contributed by atoms with Crippen LogP contribution in [0, 0.1) is 6.92 Å². The van der Waals surface area contributed by atoms with Crippen molar-refractivity contribution in [3.05, 3.63) is 70.2 Å². The van der Waals surface area contributed by atoms with Gasteiger partial charge in [0.2, 0.25) is 5.91 Å². The topological polar surface area (TPSA) is 71.5 Å². The van der Waals surface area contributed by atoms with Crippen molar-refractivity contribution in [3.8, 4) is 5.75 Å². The lowest BCUT2D eigenvalue weighted by atomic mass is 10.2. The number of benzene rings is 2. The Morgan fingerprint density at radius 1 is 1.24 bits per heavy atom. The molecule has 1 aliphatic rings. The molecule has 1 N–H and O–H groups in total. The summed E-state index contributed by atoms with van der Waals surface area (Å²) in [4.78, 5) is 30.8. The number of hydrogen-bond donors (Lipinski definition) is 1. The molecule has 1 aliphatic heterocycles. The molecule has 29 heavy (non-hydrogen) atoms. The van der Waals surface area contributed by atoms with Crippen molar-refractivity contribution in [2.24, 2.45) is 0 Å². The van der Waals surface area contributed by atoms with Gasteiger partial charge in [-0.1, -0.05) is 12.1 Å². The Kier molecular flexibility index (Phi) is 5.57. The minimum atomic E-state index is -0.232. The largest absolute Gasteiger partial charge is 0.487 e. The van der Waals surface area contributed by atoms with Gasteiger partial charge in [0.25, 0.3) is 5.91 Å². The normalized spacial score (nSPS) is 13.6. The third kappa shape index (κ3) is 4.63. The quantitative estimate of drug-likeness (QED) is 0.657. The van der Waals surface area contributed by atoms with E-state index in [1.807, 2.05) is 42.6 Å². The molecule has 2 aromatic carbocycles. The monoisotopic (exact) mass is 407 g/mol. The molecule has 2 heterocycles. The molecular weight excluding hydrogens is 386 g/mol. The first-order chi connectivity index (χ1) is 14.1. The van der Waals surface area contributed by atoms with Gasteiger partial charge in [0, 0.05) is 35.3 Å². The maximum absolute atomic E-state index is 12.7. The van der Waals surface area contributed by atoms with Gasteiger partial charge >= 0.3 is 0 Å². The van der Waals surface area contributed by atoms with Gasteiger partial charge in [-0.05, 0) is 49.7 Å². The van der Waals surface area contributed by atoms with Crippen molar-refractivity contribution in [1.82, 2.24) is 4.98 Å². The van der Waals surface area contributed by atoms with Crippen LogP contribution in [-0.4, -0.2) is 23.3 Å². The van der Waals surface area contributed by atoms with Gasteiger partial charge in [-0.2, -0.15) is 0 Å². The van der Waals surface area contributed by atoms with Crippen LogP contribution in [0.3, 0.4) is 0 Å². The van der Waals surface area contributed by atoms with Crippen molar-refractivity contribution in [2.45, 2.75) is 26.4 Å².